The van der Waals surface area contributed by atoms with Crippen molar-refractivity contribution in [3.05, 3.63) is 54.4 Å². The molecule has 0 fully saturated rings. The highest BCUT2D eigenvalue weighted by Gasteiger charge is 2.35. The average molecular weight is 377 g/mol. The van der Waals surface area contributed by atoms with Crippen LogP contribution < -0.4 is 10.2 Å². The van der Waals surface area contributed by atoms with Crippen LogP contribution in [0, 0.1) is 0 Å². The molecule has 1 aromatic carbocycles. The number of ether oxygens (including phenoxy) is 1. The summed E-state index contributed by atoms with van der Waals surface area (Å²) in [6, 6.07) is 12.3. The molecular weight excluding hydrogens is 354 g/mol. The summed E-state index contributed by atoms with van der Waals surface area (Å²) in [6.07, 6.45) is 4.58. The second kappa shape index (κ2) is 7.21. The Balaban J connectivity index is 1.56. The number of rotatable bonds is 5. The molecule has 2 aliphatic rings. The summed E-state index contributed by atoms with van der Waals surface area (Å²) in [5, 5.41) is 3.60. The molecule has 0 bridgehead atoms. The molecule has 1 N–H and O–H groups in total. The molecule has 8 nitrogen and oxygen atoms in total. The molecule has 1 unspecified atom stereocenters. The molecule has 1 atom stereocenters. The van der Waals surface area contributed by atoms with Crippen LogP contribution >= 0.6 is 0 Å². The van der Waals surface area contributed by atoms with E-state index >= 15 is 0 Å². The standard InChI is InChI=1S/C20H23N7O/c1-28-11-5-10-25-13-22-19-24-18(15-6-4-9-21-12-15)27-17-8-3-2-7-16(17)23-20(27)26(19)14-25/h2-4,6-9,12,18H,5,10-11,13-14H2,1H3,(H,22,24). The van der Waals surface area contributed by atoms with E-state index < -0.39 is 0 Å². The van der Waals surface area contributed by atoms with Gasteiger partial charge in [0.15, 0.2) is 0 Å². The van der Waals surface area contributed by atoms with E-state index in [1.807, 2.05) is 18.3 Å². The maximum atomic E-state index is 5.19. The highest BCUT2D eigenvalue weighted by atomic mass is 16.5. The van der Waals surface area contributed by atoms with Crippen molar-refractivity contribution in [1.29, 1.82) is 0 Å². The summed E-state index contributed by atoms with van der Waals surface area (Å²) in [5.74, 6) is 1.77. The van der Waals surface area contributed by atoms with Gasteiger partial charge in [-0.15, -0.1) is 0 Å². The van der Waals surface area contributed by atoms with Crippen LogP contribution in [0.2, 0.25) is 0 Å². The van der Waals surface area contributed by atoms with Gasteiger partial charge in [-0.3, -0.25) is 19.4 Å². The summed E-state index contributed by atoms with van der Waals surface area (Å²) >= 11 is 0. The zero-order valence-electron chi connectivity index (χ0n) is 15.8. The van der Waals surface area contributed by atoms with Gasteiger partial charge in [0.2, 0.25) is 11.9 Å². The van der Waals surface area contributed by atoms with Crippen molar-refractivity contribution in [1.82, 2.24) is 24.8 Å². The molecule has 0 aliphatic carbocycles. The predicted molar refractivity (Wildman–Crippen MR) is 108 cm³/mol. The molecule has 5 rings (SSSR count). The van der Waals surface area contributed by atoms with Gasteiger partial charge in [-0.1, -0.05) is 18.2 Å². The maximum Gasteiger partial charge on any atom is 0.216 e. The molecular formula is C20H23N7O. The number of fused-ring (bicyclic) bond motifs is 5. The number of aliphatic imine (C=N–C) groups is 1. The van der Waals surface area contributed by atoms with Crippen molar-refractivity contribution in [3.8, 4) is 0 Å². The fourth-order valence-corrected chi connectivity index (χ4v) is 3.85. The predicted octanol–water partition coefficient (Wildman–Crippen LogP) is 2.01. The van der Waals surface area contributed by atoms with Gasteiger partial charge in [-0.25, -0.2) is 9.98 Å². The van der Waals surface area contributed by atoms with Gasteiger partial charge in [0.1, 0.15) is 6.17 Å². The Bertz CT molecular complexity index is 1000. The molecule has 0 saturated carbocycles. The second-order valence-corrected chi connectivity index (χ2v) is 7.04. The largest absolute Gasteiger partial charge is 0.385 e. The second-order valence-electron chi connectivity index (χ2n) is 7.04. The van der Waals surface area contributed by atoms with Crippen LogP contribution in [0.4, 0.5) is 5.95 Å². The monoisotopic (exact) mass is 377 g/mol. The van der Waals surface area contributed by atoms with E-state index in [2.05, 4.69) is 48.9 Å². The van der Waals surface area contributed by atoms with Crippen molar-refractivity contribution in [2.24, 2.45) is 4.99 Å². The van der Waals surface area contributed by atoms with Crippen LogP contribution in [-0.2, 0) is 4.74 Å². The zero-order chi connectivity index (χ0) is 18.9. The van der Waals surface area contributed by atoms with E-state index in [4.69, 9.17) is 14.7 Å². The Morgan fingerprint density at radius 2 is 2.14 bits per heavy atom. The fraction of sp³-hybridized carbons (Fsp3) is 0.350. The topological polar surface area (TPSA) is 70.8 Å². The molecule has 144 valence electrons. The lowest BCUT2D eigenvalue weighted by Gasteiger charge is -2.41. The first-order valence-electron chi connectivity index (χ1n) is 9.52. The van der Waals surface area contributed by atoms with Crippen molar-refractivity contribution < 1.29 is 4.74 Å². The van der Waals surface area contributed by atoms with E-state index in [1.165, 1.54) is 0 Å². The van der Waals surface area contributed by atoms with Crippen LogP contribution in [0.5, 0.6) is 0 Å². The molecule has 0 amide bonds. The third-order valence-corrected chi connectivity index (χ3v) is 5.18. The van der Waals surface area contributed by atoms with Gasteiger partial charge in [-0.05, 0) is 24.6 Å². The van der Waals surface area contributed by atoms with Gasteiger partial charge in [-0.2, -0.15) is 0 Å². The number of benzene rings is 1. The Hall–Kier alpha value is -2.97. The minimum absolute atomic E-state index is 0.0915. The third-order valence-electron chi connectivity index (χ3n) is 5.18. The van der Waals surface area contributed by atoms with Crippen LogP contribution in [0.1, 0.15) is 18.2 Å². The number of aromatic nitrogens is 3. The van der Waals surface area contributed by atoms with Crippen molar-refractivity contribution in [2.75, 3.05) is 38.5 Å². The summed E-state index contributed by atoms with van der Waals surface area (Å²) in [6.45, 7) is 3.11. The number of para-hydroxylation sites is 2. The molecule has 2 aromatic heterocycles. The minimum Gasteiger partial charge on any atom is -0.385 e. The Morgan fingerprint density at radius 1 is 1.21 bits per heavy atom. The van der Waals surface area contributed by atoms with Crippen molar-refractivity contribution >= 4 is 22.9 Å². The van der Waals surface area contributed by atoms with Gasteiger partial charge in [0.05, 0.1) is 24.4 Å². The number of methoxy groups -OCH3 is 1. The summed E-state index contributed by atoms with van der Waals surface area (Å²) in [4.78, 5) is 18.5. The maximum absolute atomic E-state index is 5.19. The lowest BCUT2D eigenvalue weighted by atomic mass is 10.2. The number of hydrogen-bond donors (Lipinski definition) is 1. The van der Waals surface area contributed by atoms with Gasteiger partial charge < -0.3 is 10.1 Å². The van der Waals surface area contributed by atoms with E-state index in [0.29, 0.717) is 6.67 Å². The molecule has 2 aliphatic heterocycles. The van der Waals surface area contributed by atoms with E-state index in [9.17, 15) is 0 Å². The Morgan fingerprint density at radius 3 is 3.00 bits per heavy atom. The highest BCUT2D eigenvalue weighted by Crippen LogP contribution is 2.33. The molecule has 3 aromatic rings. The summed E-state index contributed by atoms with van der Waals surface area (Å²) in [5.41, 5.74) is 3.15. The van der Waals surface area contributed by atoms with Crippen LogP contribution in [0.3, 0.4) is 0 Å². The SMILES string of the molecule is COCCCN1CN=C2NC(c3cccnc3)n3c(nc4ccccc43)N2C1. The number of guanidine groups is 1. The van der Waals surface area contributed by atoms with Gasteiger partial charge >= 0.3 is 0 Å². The van der Waals surface area contributed by atoms with Crippen molar-refractivity contribution in [2.45, 2.75) is 12.6 Å². The number of imidazole rings is 1. The smallest absolute Gasteiger partial charge is 0.216 e. The van der Waals surface area contributed by atoms with E-state index in [0.717, 1.165) is 54.7 Å². The number of nitrogens with zero attached hydrogens (tertiary/aromatic N) is 6. The first kappa shape index (κ1) is 17.2. The normalized spacial score (nSPS) is 19.1. The van der Waals surface area contributed by atoms with Gasteiger partial charge in [0.25, 0.3) is 0 Å². The summed E-state index contributed by atoms with van der Waals surface area (Å²) < 4.78 is 7.43. The minimum atomic E-state index is -0.0915. The zero-order valence-corrected chi connectivity index (χ0v) is 15.8. The third kappa shape index (κ3) is 2.90. The molecule has 4 heterocycles. The lowest BCUT2D eigenvalue weighted by molar-refractivity contribution is 0.171. The fourth-order valence-electron chi connectivity index (χ4n) is 3.85. The molecule has 0 spiro atoms. The quantitative estimate of drug-likeness (QED) is 0.686. The Kier molecular flexibility index (Phi) is 4.42. The first-order chi connectivity index (χ1) is 13.8. The molecule has 8 heteroatoms. The molecule has 0 radical (unpaired) electrons. The van der Waals surface area contributed by atoms with Crippen LogP contribution in [-0.4, -0.2) is 59.0 Å². The number of nitrogens with one attached hydrogen (secondary N) is 1. The van der Waals surface area contributed by atoms with Crippen molar-refractivity contribution in [3.63, 3.8) is 0 Å². The van der Waals surface area contributed by atoms with Crippen LogP contribution in [0.25, 0.3) is 11.0 Å². The first-order valence-corrected chi connectivity index (χ1v) is 9.52. The molecule has 0 saturated heterocycles. The van der Waals surface area contributed by atoms with Gasteiger partial charge in [0, 0.05) is 38.2 Å². The van der Waals surface area contributed by atoms with E-state index in [-0.39, 0.29) is 6.17 Å². The van der Waals surface area contributed by atoms with Crippen LogP contribution in [0.15, 0.2) is 53.8 Å². The van der Waals surface area contributed by atoms with E-state index in [1.54, 1.807) is 13.3 Å². The average Bonchev–Trinajstić information content (AvgIpc) is 3.14. The lowest BCUT2D eigenvalue weighted by Crippen LogP contribution is -2.57. The number of anilines is 1. The Labute approximate surface area is 163 Å². The molecule has 28 heavy (non-hydrogen) atoms. The number of pyridine rings is 1. The number of hydrogen-bond acceptors (Lipinski definition) is 7. The summed E-state index contributed by atoms with van der Waals surface area (Å²) in [7, 11) is 1.74. The highest BCUT2D eigenvalue weighted by molar-refractivity contribution is 5.98.